The standard InChI is InChI=1S/C12H12FN3O2/c1-2-16-6-11(14-15-16)8-18-12-4-3-10(13)5-9(12)7-17/h3-7H,2,8H2,1H3. The Morgan fingerprint density at radius 1 is 1.50 bits per heavy atom. The minimum atomic E-state index is -0.471. The molecule has 2 rings (SSSR count). The van der Waals surface area contributed by atoms with E-state index >= 15 is 0 Å². The van der Waals surface area contributed by atoms with Crippen LogP contribution in [0.4, 0.5) is 4.39 Å². The summed E-state index contributed by atoms with van der Waals surface area (Å²) in [6.45, 7) is 2.86. The molecule has 0 atom stereocenters. The van der Waals surface area contributed by atoms with Crippen molar-refractivity contribution in [1.82, 2.24) is 15.0 Å². The van der Waals surface area contributed by atoms with E-state index in [1.807, 2.05) is 6.92 Å². The molecule has 0 spiro atoms. The van der Waals surface area contributed by atoms with Crippen molar-refractivity contribution in [2.24, 2.45) is 0 Å². The van der Waals surface area contributed by atoms with Gasteiger partial charge in [-0.25, -0.2) is 4.39 Å². The van der Waals surface area contributed by atoms with Gasteiger partial charge in [0.2, 0.25) is 0 Å². The number of rotatable bonds is 5. The molecular formula is C12H12FN3O2. The zero-order chi connectivity index (χ0) is 13.0. The van der Waals surface area contributed by atoms with E-state index in [0.29, 0.717) is 17.7 Å². The lowest BCUT2D eigenvalue weighted by Gasteiger charge is -2.06. The predicted octanol–water partition coefficient (Wildman–Crippen LogP) is 1.83. The van der Waals surface area contributed by atoms with Gasteiger partial charge in [0.25, 0.3) is 0 Å². The quantitative estimate of drug-likeness (QED) is 0.758. The number of hydrogen-bond acceptors (Lipinski definition) is 4. The number of benzene rings is 1. The van der Waals surface area contributed by atoms with Crippen molar-refractivity contribution in [2.45, 2.75) is 20.1 Å². The zero-order valence-electron chi connectivity index (χ0n) is 9.84. The van der Waals surface area contributed by atoms with Crippen molar-refractivity contribution in [2.75, 3.05) is 0 Å². The second kappa shape index (κ2) is 5.39. The molecule has 0 aliphatic rings. The lowest BCUT2D eigenvalue weighted by atomic mass is 10.2. The Labute approximate surface area is 103 Å². The zero-order valence-corrected chi connectivity index (χ0v) is 9.84. The molecule has 2 aromatic rings. The third-order valence-electron chi connectivity index (χ3n) is 2.38. The van der Waals surface area contributed by atoms with E-state index in [1.165, 1.54) is 12.1 Å². The Morgan fingerprint density at radius 2 is 2.33 bits per heavy atom. The summed E-state index contributed by atoms with van der Waals surface area (Å²) in [5.41, 5.74) is 0.830. The van der Waals surface area contributed by atoms with Crippen LogP contribution in [0, 0.1) is 5.82 Å². The molecule has 1 aromatic heterocycles. The van der Waals surface area contributed by atoms with Crippen LogP contribution < -0.4 is 4.74 Å². The second-order valence-corrected chi connectivity index (χ2v) is 3.65. The summed E-state index contributed by atoms with van der Waals surface area (Å²) in [7, 11) is 0. The van der Waals surface area contributed by atoms with Gasteiger partial charge in [0.15, 0.2) is 6.29 Å². The highest BCUT2D eigenvalue weighted by Crippen LogP contribution is 2.18. The van der Waals surface area contributed by atoms with Gasteiger partial charge in [-0.05, 0) is 25.1 Å². The Balaban J connectivity index is 2.07. The van der Waals surface area contributed by atoms with Crippen LogP contribution in [-0.4, -0.2) is 21.3 Å². The number of aryl methyl sites for hydroxylation is 1. The first kappa shape index (κ1) is 12.2. The van der Waals surface area contributed by atoms with Crippen LogP contribution in [-0.2, 0) is 13.2 Å². The van der Waals surface area contributed by atoms with E-state index < -0.39 is 5.82 Å². The maximum Gasteiger partial charge on any atom is 0.153 e. The summed E-state index contributed by atoms with van der Waals surface area (Å²) in [4.78, 5) is 10.8. The molecule has 0 saturated heterocycles. The molecule has 0 radical (unpaired) electrons. The lowest BCUT2D eigenvalue weighted by Crippen LogP contribution is -1.99. The molecule has 0 N–H and O–H groups in total. The number of aldehydes is 1. The summed E-state index contributed by atoms with van der Waals surface area (Å²) < 4.78 is 20.0. The van der Waals surface area contributed by atoms with E-state index in [2.05, 4.69) is 10.3 Å². The van der Waals surface area contributed by atoms with Gasteiger partial charge in [0, 0.05) is 6.54 Å². The molecule has 0 bridgehead atoms. The number of carbonyl (C=O) groups is 1. The number of hydrogen-bond donors (Lipinski definition) is 0. The first-order chi connectivity index (χ1) is 8.72. The maximum atomic E-state index is 12.9. The van der Waals surface area contributed by atoms with Crippen LogP contribution in [0.15, 0.2) is 24.4 Å². The molecule has 1 heterocycles. The Kier molecular flexibility index (Phi) is 3.66. The molecule has 5 nitrogen and oxygen atoms in total. The van der Waals surface area contributed by atoms with Crippen molar-refractivity contribution in [3.8, 4) is 5.75 Å². The van der Waals surface area contributed by atoms with Gasteiger partial charge < -0.3 is 4.74 Å². The summed E-state index contributed by atoms with van der Waals surface area (Å²) in [6.07, 6.45) is 2.31. The number of nitrogens with zero attached hydrogens (tertiary/aromatic N) is 3. The Hall–Kier alpha value is -2.24. The molecule has 0 amide bonds. The smallest absolute Gasteiger partial charge is 0.153 e. The van der Waals surface area contributed by atoms with Crippen LogP contribution >= 0.6 is 0 Å². The molecule has 0 fully saturated rings. The predicted molar refractivity (Wildman–Crippen MR) is 61.8 cm³/mol. The van der Waals surface area contributed by atoms with E-state index in [0.717, 1.165) is 12.6 Å². The Morgan fingerprint density at radius 3 is 3.00 bits per heavy atom. The highest BCUT2D eigenvalue weighted by molar-refractivity contribution is 5.79. The molecule has 0 unspecified atom stereocenters. The average molecular weight is 249 g/mol. The van der Waals surface area contributed by atoms with Crippen molar-refractivity contribution < 1.29 is 13.9 Å². The average Bonchev–Trinajstić information content (AvgIpc) is 2.85. The van der Waals surface area contributed by atoms with Crippen molar-refractivity contribution in [3.05, 3.63) is 41.5 Å². The van der Waals surface area contributed by atoms with Crippen LogP contribution in [0.1, 0.15) is 23.0 Å². The highest BCUT2D eigenvalue weighted by Gasteiger charge is 2.06. The lowest BCUT2D eigenvalue weighted by molar-refractivity contribution is 0.111. The van der Waals surface area contributed by atoms with Gasteiger partial charge in [-0.3, -0.25) is 9.48 Å². The SMILES string of the molecule is CCn1cc(COc2ccc(F)cc2C=O)nn1. The minimum absolute atomic E-state index is 0.179. The van der Waals surface area contributed by atoms with Crippen molar-refractivity contribution in [3.63, 3.8) is 0 Å². The Bertz CT molecular complexity index is 554. The van der Waals surface area contributed by atoms with Gasteiger partial charge in [0.1, 0.15) is 23.9 Å². The van der Waals surface area contributed by atoms with E-state index in [1.54, 1.807) is 10.9 Å². The van der Waals surface area contributed by atoms with Gasteiger partial charge in [0.05, 0.1) is 11.8 Å². The van der Waals surface area contributed by atoms with E-state index in [4.69, 9.17) is 4.74 Å². The topological polar surface area (TPSA) is 57.0 Å². The molecule has 0 aliphatic carbocycles. The summed E-state index contributed by atoms with van der Waals surface area (Å²) >= 11 is 0. The summed E-state index contributed by atoms with van der Waals surface area (Å²) in [5.74, 6) is -0.140. The number of aromatic nitrogens is 3. The monoisotopic (exact) mass is 249 g/mol. The third-order valence-corrected chi connectivity index (χ3v) is 2.38. The molecule has 6 heteroatoms. The molecule has 18 heavy (non-hydrogen) atoms. The number of halogens is 1. The summed E-state index contributed by atoms with van der Waals surface area (Å²) in [5, 5.41) is 7.76. The van der Waals surface area contributed by atoms with Crippen LogP contribution in [0.3, 0.4) is 0 Å². The van der Waals surface area contributed by atoms with E-state index in [9.17, 15) is 9.18 Å². The van der Waals surface area contributed by atoms with Gasteiger partial charge in [-0.15, -0.1) is 5.10 Å². The maximum absolute atomic E-state index is 12.9. The van der Waals surface area contributed by atoms with Gasteiger partial charge in [-0.1, -0.05) is 5.21 Å². The molecule has 94 valence electrons. The first-order valence-corrected chi connectivity index (χ1v) is 5.49. The van der Waals surface area contributed by atoms with Crippen molar-refractivity contribution >= 4 is 6.29 Å². The largest absolute Gasteiger partial charge is 0.486 e. The fourth-order valence-corrected chi connectivity index (χ4v) is 1.45. The normalized spacial score (nSPS) is 10.3. The fourth-order valence-electron chi connectivity index (χ4n) is 1.45. The second-order valence-electron chi connectivity index (χ2n) is 3.65. The summed E-state index contributed by atoms with van der Waals surface area (Å²) in [6, 6.07) is 3.79. The molecule has 0 aliphatic heterocycles. The molecule has 0 saturated carbocycles. The van der Waals surface area contributed by atoms with Crippen LogP contribution in [0.5, 0.6) is 5.75 Å². The highest BCUT2D eigenvalue weighted by atomic mass is 19.1. The van der Waals surface area contributed by atoms with Gasteiger partial charge in [-0.2, -0.15) is 0 Å². The van der Waals surface area contributed by atoms with E-state index in [-0.39, 0.29) is 12.2 Å². The fraction of sp³-hybridized carbons (Fsp3) is 0.250. The van der Waals surface area contributed by atoms with Crippen molar-refractivity contribution in [1.29, 1.82) is 0 Å². The van der Waals surface area contributed by atoms with Crippen LogP contribution in [0.25, 0.3) is 0 Å². The minimum Gasteiger partial charge on any atom is -0.486 e. The van der Waals surface area contributed by atoms with Crippen LogP contribution in [0.2, 0.25) is 0 Å². The molecule has 1 aromatic carbocycles. The molecular weight excluding hydrogens is 237 g/mol. The van der Waals surface area contributed by atoms with Gasteiger partial charge >= 0.3 is 0 Å². The third kappa shape index (κ3) is 2.71. The number of ether oxygens (including phenoxy) is 1. The first-order valence-electron chi connectivity index (χ1n) is 5.49. The number of carbonyl (C=O) groups excluding carboxylic acids is 1.